The highest BCUT2D eigenvalue weighted by molar-refractivity contribution is 7.80. The molecule has 3 heterocycles. The van der Waals surface area contributed by atoms with Crippen molar-refractivity contribution in [3.05, 3.63) is 142 Å². The Labute approximate surface area is 532 Å². The molecule has 1 spiro atoms. The van der Waals surface area contributed by atoms with Gasteiger partial charge in [0, 0.05) is 73.7 Å². The SMILES string of the molecule is CCCCNc1nc(NCCOCCOCCC(=O)NCc2ccc(OC(=O)CCOCCOCCOCCOCCOCCOCCNC(=S)Nc3ccc4c(c3)C(=O)OC43c4ccc(O)cc4Oc4cc(O)ccc43)cc2)nc(NCc2cccc(F)c2)n1. The van der Waals surface area contributed by atoms with Crippen molar-refractivity contribution in [3.63, 3.8) is 0 Å². The largest absolute Gasteiger partial charge is 0.508 e. The quantitative estimate of drug-likeness (QED) is 0.00804. The third-order valence-corrected chi connectivity index (χ3v) is 13.9. The van der Waals surface area contributed by atoms with Crippen molar-refractivity contribution in [3.8, 4) is 28.7 Å². The smallest absolute Gasteiger partial charge is 0.340 e. The minimum Gasteiger partial charge on any atom is -0.508 e. The number of anilines is 4. The van der Waals surface area contributed by atoms with Crippen molar-refractivity contribution in [2.45, 2.75) is 51.3 Å². The maximum absolute atomic E-state index is 13.6. The van der Waals surface area contributed by atoms with Crippen LogP contribution in [0.1, 0.15) is 70.8 Å². The van der Waals surface area contributed by atoms with Gasteiger partial charge >= 0.3 is 11.9 Å². The molecule has 2 aliphatic rings. The summed E-state index contributed by atoms with van der Waals surface area (Å²) >= 11 is 5.48. The average Bonchev–Trinajstić information content (AvgIpc) is 1.63. The number of halogens is 1. The molecule has 0 saturated carbocycles. The molecule has 0 atom stereocenters. The first-order chi connectivity index (χ1) is 44.4. The Hall–Kier alpha value is -8.38. The van der Waals surface area contributed by atoms with E-state index in [2.05, 4.69) is 53.8 Å². The van der Waals surface area contributed by atoms with Gasteiger partial charge in [0.05, 0.1) is 118 Å². The third-order valence-electron chi connectivity index (χ3n) is 13.7. The number of fused-ring (bicyclic) bond motifs is 6. The van der Waals surface area contributed by atoms with E-state index < -0.39 is 17.5 Å². The van der Waals surface area contributed by atoms with Gasteiger partial charge in [-0.1, -0.05) is 43.7 Å². The fourth-order valence-electron chi connectivity index (χ4n) is 9.24. The lowest BCUT2D eigenvalue weighted by Gasteiger charge is -2.36. The molecule has 0 saturated heterocycles. The summed E-state index contributed by atoms with van der Waals surface area (Å²) in [5, 5.41) is 39.2. The number of benzene rings is 5. The molecule has 1 amide bonds. The summed E-state index contributed by atoms with van der Waals surface area (Å²) in [4.78, 5) is 51.5. The van der Waals surface area contributed by atoms with Crippen LogP contribution in [0.15, 0.2) is 103 Å². The molecule has 8 N–H and O–H groups in total. The molecule has 27 heteroatoms. The number of unbranched alkanes of at least 4 members (excludes halogenated alkanes) is 1. The molecule has 0 unspecified atom stereocenters. The monoisotopic (exact) mass is 1280 g/mol. The molecular formula is C64H78FN9O16S. The van der Waals surface area contributed by atoms with Gasteiger partial charge in [0.2, 0.25) is 23.8 Å². The topological polar surface area (TPSA) is 304 Å². The summed E-state index contributed by atoms with van der Waals surface area (Å²) in [5.41, 5.74) is 2.80. The normalized spacial score (nSPS) is 12.5. The van der Waals surface area contributed by atoms with Gasteiger partial charge in [0.15, 0.2) is 10.7 Å². The number of hydrogen-bond acceptors (Lipinski definition) is 23. The Balaban J connectivity index is 0.552. The predicted octanol–water partition coefficient (Wildman–Crippen LogP) is 7.35. The number of esters is 2. The molecule has 6 aromatic rings. The Kier molecular flexibility index (Phi) is 27.9. The van der Waals surface area contributed by atoms with Crippen LogP contribution >= 0.6 is 12.2 Å². The molecule has 0 radical (unpaired) electrons. The fraction of sp³-hybridized carbons (Fsp3) is 0.422. The van der Waals surface area contributed by atoms with Crippen LogP contribution in [0.2, 0.25) is 0 Å². The van der Waals surface area contributed by atoms with Gasteiger partial charge in [-0.15, -0.1) is 0 Å². The third kappa shape index (κ3) is 22.2. The molecule has 0 bridgehead atoms. The van der Waals surface area contributed by atoms with Crippen LogP contribution in [0.3, 0.4) is 0 Å². The average molecular weight is 1280 g/mol. The highest BCUT2D eigenvalue weighted by Gasteiger charge is 2.53. The number of nitrogens with zero attached hydrogens (tertiary/aromatic N) is 3. The van der Waals surface area contributed by atoms with Gasteiger partial charge in [-0.2, -0.15) is 15.0 Å². The van der Waals surface area contributed by atoms with E-state index in [4.69, 9.17) is 64.3 Å². The highest BCUT2D eigenvalue weighted by atomic mass is 32.1. The maximum Gasteiger partial charge on any atom is 0.340 e. The second-order valence-corrected chi connectivity index (χ2v) is 20.9. The van der Waals surface area contributed by atoms with Gasteiger partial charge in [0.1, 0.15) is 34.6 Å². The molecule has 0 aliphatic carbocycles. The van der Waals surface area contributed by atoms with Gasteiger partial charge in [-0.3, -0.25) is 9.59 Å². The lowest BCUT2D eigenvalue weighted by Crippen LogP contribution is -2.33. The van der Waals surface area contributed by atoms with E-state index in [-0.39, 0.29) is 49.3 Å². The number of nitrogens with one attached hydrogen (secondary N) is 6. The van der Waals surface area contributed by atoms with Gasteiger partial charge in [-0.05, 0) is 90.4 Å². The van der Waals surface area contributed by atoms with E-state index in [0.29, 0.717) is 193 Å². The zero-order valence-electron chi connectivity index (χ0n) is 50.7. The minimum atomic E-state index is -1.35. The summed E-state index contributed by atoms with van der Waals surface area (Å²) in [6.07, 6.45) is 2.23. The van der Waals surface area contributed by atoms with Crippen LogP contribution in [0.25, 0.3) is 0 Å². The number of hydrogen-bond donors (Lipinski definition) is 8. The summed E-state index contributed by atoms with van der Waals surface area (Å²) in [6.45, 7) is 9.94. The standard InChI is InChI=1S/C64H78FN9O16S/c1-2-3-19-66-60-72-61(74-62(73-60)70-43-45-5-4-6-46(65)38-45)67-20-24-82-28-26-80-22-17-57(77)69-42-44-7-12-50(13-8-44)88-58(78)18-23-81-27-30-84-32-34-86-36-37-87-35-33-85-31-29-83-25-21-68-63(91)71-47-9-14-52-51(39-47)59(79)90-64(52)53-15-10-48(75)40-55(53)89-56-41-49(76)11-16-54(56)64/h4-16,38-41,75-76H,2-3,17-37,42-43H2,1H3,(H,69,77)(H2,68,71,91)(H3,66,67,70,72,73,74). The zero-order chi connectivity index (χ0) is 63.9. The number of ether oxygens (including phenoxy) is 11. The predicted molar refractivity (Wildman–Crippen MR) is 337 cm³/mol. The lowest BCUT2D eigenvalue weighted by atomic mass is 9.77. The molecule has 25 nitrogen and oxygen atoms in total. The maximum atomic E-state index is 13.6. The molecule has 1 aromatic heterocycles. The summed E-state index contributed by atoms with van der Waals surface area (Å²) in [5.74, 6) is 0.630. The van der Waals surface area contributed by atoms with Crippen LogP contribution in [-0.2, 0) is 70.9 Å². The molecule has 488 valence electrons. The number of amides is 1. The zero-order valence-corrected chi connectivity index (χ0v) is 51.5. The number of thiocarbonyl (C=S) groups is 1. The second kappa shape index (κ2) is 37.1. The number of aromatic hydroxyl groups is 2. The molecule has 2 aliphatic heterocycles. The van der Waals surface area contributed by atoms with Crippen LogP contribution < -0.4 is 41.4 Å². The van der Waals surface area contributed by atoms with Crippen LogP contribution in [0.5, 0.6) is 28.7 Å². The fourth-order valence-corrected chi connectivity index (χ4v) is 9.46. The number of aromatic nitrogens is 3. The highest BCUT2D eigenvalue weighted by Crippen LogP contribution is 2.57. The van der Waals surface area contributed by atoms with Crippen molar-refractivity contribution in [1.82, 2.24) is 25.6 Å². The van der Waals surface area contributed by atoms with Crippen molar-refractivity contribution in [2.24, 2.45) is 0 Å². The van der Waals surface area contributed by atoms with Crippen LogP contribution in [0, 0.1) is 5.82 Å². The van der Waals surface area contributed by atoms with Crippen molar-refractivity contribution in [2.75, 3.05) is 147 Å². The van der Waals surface area contributed by atoms with Crippen molar-refractivity contribution in [1.29, 1.82) is 0 Å². The summed E-state index contributed by atoms with van der Waals surface area (Å²) in [7, 11) is 0. The van der Waals surface area contributed by atoms with Crippen LogP contribution in [-0.4, -0.2) is 173 Å². The summed E-state index contributed by atoms with van der Waals surface area (Å²) in [6, 6.07) is 27.7. The Morgan fingerprint density at radius 1 is 0.560 bits per heavy atom. The number of carbonyl (C=O) groups is 3. The van der Waals surface area contributed by atoms with Gasteiger partial charge in [-0.25, -0.2) is 9.18 Å². The van der Waals surface area contributed by atoms with Gasteiger partial charge < -0.3 is 94.2 Å². The minimum absolute atomic E-state index is 0.0230. The number of rotatable bonds is 42. The van der Waals surface area contributed by atoms with Gasteiger partial charge in [0.25, 0.3) is 0 Å². The van der Waals surface area contributed by atoms with E-state index in [0.717, 1.165) is 24.0 Å². The van der Waals surface area contributed by atoms with Crippen molar-refractivity contribution < 1.29 is 81.1 Å². The molecule has 0 fully saturated rings. The molecule has 91 heavy (non-hydrogen) atoms. The number of phenolic OH excluding ortho intramolecular Hbond substituents is 2. The van der Waals surface area contributed by atoms with E-state index in [9.17, 15) is 29.0 Å². The Morgan fingerprint density at radius 3 is 1.69 bits per heavy atom. The van der Waals surface area contributed by atoms with E-state index in [1.54, 1.807) is 60.7 Å². The first kappa shape index (κ1) is 68.5. The van der Waals surface area contributed by atoms with Crippen molar-refractivity contribution >= 4 is 58.7 Å². The Bertz CT molecular complexity index is 3250. The first-order valence-corrected chi connectivity index (χ1v) is 30.5. The first-order valence-electron chi connectivity index (χ1n) is 30.1. The van der Waals surface area contributed by atoms with E-state index >= 15 is 0 Å². The lowest BCUT2D eigenvalue weighted by molar-refractivity contribution is -0.135. The number of phenols is 2. The van der Waals surface area contributed by atoms with Crippen LogP contribution in [0.4, 0.5) is 27.9 Å². The van der Waals surface area contributed by atoms with E-state index in [1.807, 2.05) is 6.07 Å². The molecule has 5 aromatic carbocycles. The summed E-state index contributed by atoms with van der Waals surface area (Å²) < 4.78 is 75.8. The number of carbonyl (C=O) groups excluding carboxylic acids is 3. The molecular weight excluding hydrogens is 1200 g/mol. The Morgan fingerprint density at radius 2 is 1.10 bits per heavy atom. The van der Waals surface area contributed by atoms with E-state index in [1.165, 1.54) is 36.4 Å². The molecule has 8 rings (SSSR count). The second-order valence-electron chi connectivity index (χ2n) is 20.5.